The first-order chi connectivity index (χ1) is 17.8. The molecule has 0 aromatic carbocycles. The first-order valence-corrected chi connectivity index (χ1v) is 12.0. The van der Waals surface area contributed by atoms with Crippen molar-refractivity contribution in [3.05, 3.63) is 52.9 Å². The van der Waals surface area contributed by atoms with Gasteiger partial charge in [-0.3, -0.25) is 19.1 Å². The van der Waals surface area contributed by atoms with Gasteiger partial charge in [-0.2, -0.15) is 5.10 Å². The van der Waals surface area contributed by atoms with E-state index >= 15 is 0 Å². The fraction of sp³-hybridized carbons (Fsp3) is 0.458. The number of ketones is 1. The number of aryl methyl sites for hydroxylation is 1. The lowest BCUT2D eigenvalue weighted by Crippen LogP contribution is -2.44. The Labute approximate surface area is 212 Å². The molecule has 1 fully saturated rings. The van der Waals surface area contributed by atoms with E-state index in [2.05, 4.69) is 25.7 Å². The molecule has 3 aromatic rings. The van der Waals surface area contributed by atoms with Crippen molar-refractivity contribution in [1.29, 1.82) is 0 Å². The van der Waals surface area contributed by atoms with Crippen LogP contribution in [0.5, 0.6) is 5.75 Å². The van der Waals surface area contributed by atoms with Crippen molar-refractivity contribution < 1.29 is 23.9 Å². The van der Waals surface area contributed by atoms with Crippen LogP contribution in [0.25, 0.3) is 0 Å². The van der Waals surface area contributed by atoms with E-state index in [0.29, 0.717) is 34.9 Å². The van der Waals surface area contributed by atoms with Gasteiger partial charge in [-0.15, -0.1) is 5.10 Å². The predicted octanol–water partition coefficient (Wildman–Crippen LogP) is 0.308. The van der Waals surface area contributed by atoms with Crippen molar-refractivity contribution in [3.63, 3.8) is 0 Å². The van der Waals surface area contributed by atoms with Crippen molar-refractivity contribution >= 4 is 17.6 Å². The van der Waals surface area contributed by atoms with Crippen LogP contribution in [0.1, 0.15) is 44.9 Å². The van der Waals surface area contributed by atoms with Gasteiger partial charge in [0.25, 0.3) is 5.91 Å². The van der Waals surface area contributed by atoms with Crippen molar-refractivity contribution in [1.82, 2.24) is 40.0 Å². The number of Topliss-reactive ketones (excluding diaryl/α,β-unsaturated/α-hetero) is 1. The van der Waals surface area contributed by atoms with Crippen LogP contribution in [0.15, 0.2) is 24.5 Å². The van der Waals surface area contributed by atoms with Gasteiger partial charge in [-0.1, -0.05) is 5.21 Å². The third-order valence-electron chi connectivity index (χ3n) is 6.55. The van der Waals surface area contributed by atoms with Crippen molar-refractivity contribution in [2.75, 3.05) is 19.7 Å². The maximum absolute atomic E-state index is 13.2. The zero-order valence-electron chi connectivity index (χ0n) is 20.9. The summed E-state index contributed by atoms with van der Waals surface area (Å²) < 4.78 is 15.1. The summed E-state index contributed by atoms with van der Waals surface area (Å²) in [5, 5.41) is 15.6. The first-order valence-electron chi connectivity index (χ1n) is 12.0. The molecule has 1 saturated heterocycles. The third kappa shape index (κ3) is 5.07. The highest BCUT2D eigenvalue weighted by Crippen LogP contribution is 2.21. The number of carbonyl (C=O) groups is 3. The summed E-state index contributed by atoms with van der Waals surface area (Å²) >= 11 is 0. The number of likely N-dealkylation sites (tertiary alicyclic amines) is 1. The summed E-state index contributed by atoms with van der Waals surface area (Å²) in [5.41, 5.74) is 2.55. The Bertz CT molecular complexity index is 1350. The van der Waals surface area contributed by atoms with Gasteiger partial charge in [0.2, 0.25) is 5.91 Å². The fourth-order valence-corrected chi connectivity index (χ4v) is 4.74. The lowest BCUT2D eigenvalue weighted by molar-refractivity contribution is -0.131. The monoisotopic (exact) mass is 508 g/mol. The molecule has 1 N–H and O–H groups in total. The minimum Gasteiger partial charge on any atom is -0.489 e. The zero-order valence-corrected chi connectivity index (χ0v) is 20.9. The Hall–Kier alpha value is -4.13. The third-order valence-corrected chi connectivity index (χ3v) is 6.55. The number of aromatic nitrogens is 6. The summed E-state index contributed by atoms with van der Waals surface area (Å²) in [4.78, 5) is 44.2. The number of fused-ring (bicyclic) bond motifs is 4. The molecule has 13 nitrogen and oxygen atoms in total. The lowest BCUT2D eigenvalue weighted by atomic mass is 10.1. The molecule has 0 saturated carbocycles. The van der Waals surface area contributed by atoms with E-state index in [1.54, 1.807) is 46.4 Å². The number of carbonyl (C=O) groups excluding carboxylic acids is 3. The molecule has 0 spiro atoms. The van der Waals surface area contributed by atoms with E-state index < -0.39 is 18.1 Å². The number of ether oxygens (including phenoxy) is 2. The minimum atomic E-state index is -0.488. The molecule has 5 rings (SSSR count). The Kier molecular flexibility index (Phi) is 6.70. The van der Waals surface area contributed by atoms with Crippen LogP contribution in [0.4, 0.5) is 0 Å². The number of rotatable bonds is 3. The maximum atomic E-state index is 13.2. The minimum absolute atomic E-state index is 0.0279. The summed E-state index contributed by atoms with van der Waals surface area (Å²) in [7, 11) is 0. The number of nitrogens with zero attached hydrogens (tertiary/aromatic N) is 7. The molecule has 5 heterocycles. The molecular formula is C24H28N8O5. The van der Waals surface area contributed by atoms with Crippen molar-refractivity contribution in [3.8, 4) is 5.75 Å². The molecule has 2 bridgehead atoms. The molecule has 194 valence electrons. The zero-order chi connectivity index (χ0) is 26.1. The highest BCUT2D eigenvalue weighted by Gasteiger charge is 2.38. The van der Waals surface area contributed by atoms with Gasteiger partial charge in [0.05, 0.1) is 42.8 Å². The molecule has 3 aromatic heterocycles. The van der Waals surface area contributed by atoms with Crippen LogP contribution >= 0.6 is 0 Å². The average molecular weight is 509 g/mol. The molecule has 37 heavy (non-hydrogen) atoms. The molecule has 0 aliphatic carbocycles. The summed E-state index contributed by atoms with van der Waals surface area (Å²) in [5.74, 6) is -0.352. The van der Waals surface area contributed by atoms with Crippen LogP contribution in [-0.4, -0.2) is 84.1 Å². The Morgan fingerprint density at radius 1 is 1.24 bits per heavy atom. The predicted molar refractivity (Wildman–Crippen MR) is 128 cm³/mol. The highest BCUT2D eigenvalue weighted by atomic mass is 16.5. The molecule has 2 amide bonds. The van der Waals surface area contributed by atoms with Crippen LogP contribution in [0.2, 0.25) is 0 Å². The molecule has 0 radical (unpaired) electrons. The van der Waals surface area contributed by atoms with Crippen LogP contribution in [-0.2, 0) is 29.2 Å². The summed E-state index contributed by atoms with van der Waals surface area (Å²) in [6, 6.07) is 2.89. The normalized spacial score (nSPS) is 19.9. The van der Waals surface area contributed by atoms with Crippen LogP contribution < -0.4 is 10.1 Å². The van der Waals surface area contributed by atoms with E-state index in [9.17, 15) is 14.4 Å². The van der Waals surface area contributed by atoms with Gasteiger partial charge in [-0.25, -0.2) is 9.67 Å². The fourth-order valence-electron chi connectivity index (χ4n) is 4.74. The standard InChI is InChI=1S/C24H28N8O5/c1-14-22(16(3)33)15(2)32(28-14)12-21(34)30-10-18-20(11-30)37-13-17-9-31(29-27-17)7-8-36-19-5-4-6-25-23(19)24(35)26-18/h4-6,9,18,20H,7-8,10-13H2,1-3H3,(H,26,35)/t18-,20-/m0/s1. The quantitative estimate of drug-likeness (QED) is 0.494. The molecule has 2 aliphatic heterocycles. The Morgan fingerprint density at radius 3 is 2.86 bits per heavy atom. The van der Waals surface area contributed by atoms with Gasteiger partial charge in [0.1, 0.15) is 18.8 Å². The van der Waals surface area contributed by atoms with Gasteiger partial charge in [0.15, 0.2) is 17.2 Å². The summed E-state index contributed by atoms with van der Waals surface area (Å²) in [6.45, 7) is 6.38. The molecule has 13 heteroatoms. The number of amides is 2. The van der Waals surface area contributed by atoms with E-state index in [4.69, 9.17) is 9.47 Å². The SMILES string of the molecule is CC(=O)c1c(C)nn(CC(=O)N2C[C@@H]3NC(=O)c4ncccc4OCCn4cc(nn4)CO[C@H]3C2)c1C. The Balaban J connectivity index is 1.37. The van der Waals surface area contributed by atoms with Crippen molar-refractivity contribution in [2.24, 2.45) is 0 Å². The second kappa shape index (κ2) is 10.1. The highest BCUT2D eigenvalue weighted by molar-refractivity contribution is 5.96. The average Bonchev–Trinajstić information content (AvgIpc) is 3.55. The topological polar surface area (TPSA) is 146 Å². The number of hydrogen-bond donors (Lipinski definition) is 1. The Morgan fingerprint density at radius 2 is 2.08 bits per heavy atom. The number of hydrogen-bond acceptors (Lipinski definition) is 9. The van der Waals surface area contributed by atoms with E-state index in [-0.39, 0.29) is 50.2 Å². The number of nitrogens with one attached hydrogen (secondary N) is 1. The molecule has 0 unspecified atom stereocenters. The first kappa shape index (κ1) is 24.6. The molecular weight excluding hydrogens is 480 g/mol. The second-order valence-corrected chi connectivity index (χ2v) is 9.16. The second-order valence-electron chi connectivity index (χ2n) is 9.16. The van der Waals surface area contributed by atoms with Crippen molar-refractivity contribution in [2.45, 2.75) is 52.6 Å². The lowest BCUT2D eigenvalue weighted by Gasteiger charge is -2.20. The molecule has 2 atom stereocenters. The number of pyridine rings is 1. The smallest absolute Gasteiger partial charge is 0.274 e. The maximum Gasteiger partial charge on any atom is 0.274 e. The molecule has 2 aliphatic rings. The largest absolute Gasteiger partial charge is 0.489 e. The van der Waals surface area contributed by atoms with E-state index in [1.807, 2.05) is 0 Å². The summed E-state index contributed by atoms with van der Waals surface area (Å²) in [6.07, 6.45) is 2.82. The van der Waals surface area contributed by atoms with Crippen LogP contribution in [0.3, 0.4) is 0 Å². The van der Waals surface area contributed by atoms with Gasteiger partial charge < -0.3 is 19.7 Å². The van der Waals surface area contributed by atoms with Crippen LogP contribution in [0, 0.1) is 13.8 Å². The van der Waals surface area contributed by atoms with E-state index in [0.717, 1.165) is 0 Å². The van der Waals surface area contributed by atoms with E-state index in [1.165, 1.54) is 13.1 Å². The van der Waals surface area contributed by atoms with Gasteiger partial charge >= 0.3 is 0 Å². The van der Waals surface area contributed by atoms with Gasteiger partial charge in [0, 0.05) is 25.0 Å². The van der Waals surface area contributed by atoms with Gasteiger partial charge in [-0.05, 0) is 32.9 Å².